The molecular weight excluding hydrogens is 314 g/mol. The first kappa shape index (κ1) is 14.4. The van der Waals surface area contributed by atoms with E-state index in [2.05, 4.69) is 25.2 Å². The van der Waals surface area contributed by atoms with Crippen LogP contribution >= 0.6 is 11.6 Å². The number of hydrogen-bond acceptors (Lipinski definition) is 5. The third kappa shape index (κ3) is 2.43. The smallest absolute Gasteiger partial charge is 0.231 e. The molecule has 2 aliphatic rings. The lowest BCUT2D eigenvalue weighted by molar-refractivity contribution is -0.114. The lowest BCUT2D eigenvalue weighted by Crippen LogP contribution is -2.21. The maximum absolute atomic E-state index is 11.3. The fraction of sp³-hybridized carbons (Fsp3) is 0.375. The van der Waals surface area contributed by atoms with Crippen molar-refractivity contribution in [1.82, 2.24) is 15.0 Å². The maximum Gasteiger partial charge on any atom is 0.231 e. The van der Waals surface area contributed by atoms with Crippen LogP contribution in [0, 0.1) is 6.92 Å². The van der Waals surface area contributed by atoms with Crippen LogP contribution in [-0.4, -0.2) is 27.4 Å². The van der Waals surface area contributed by atoms with Gasteiger partial charge in [0, 0.05) is 42.4 Å². The first-order valence-electron chi connectivity index (χ1n) is 7.54. The average molecular weight is 330 g/mol. The van der Waals surface area contributed by atoms with E-state index in [9.17, 15) is 4.79 Å². The minimum absolute atomic E-state index is 0.141. The number of anilines is 3. The monoisotopic (exact) mass is 329 g/mol. The zero-order valence-corrected chi connectivity index (χ0v) is 13.7. The molecule has 0 aromatic carbocycles. The Labute approximate surface area is 138 Å². The second kappa shape index (κ2) is 4.89. The van der Waals surface area contributed by atoms with Gasteiger partial charge < -0.3 is 10.2 Å². The highest BCUT2D eigenvalue weighted by Gasteiger charge is 2.53. The van der Waals surface area contributed by atoms with Crippen molar-refractivity contribution >= 4 is 35.0 Å². The lowest BCUT2D eigenvalue weighted by atomic mass is 10.0. The molecule has 4 rings (SSSR count). The minimum Gasteiger partial charge on any atom is -0.311 e. The molecule has 1 amide bonds. The molecule has 0 unspecified atom stereocenters. The predicted molar refractivity (Wildman–Crippen MR) is 88.2 cm³/mol. The number of aryl methyl sites for hydroxylation is 1. The molecule has 0 atom stereocenters. The summed E-state index contributed by atoms with van der Waals surface area (Å²) in [6.45, 7) is 4.20. The van der Waals surface area contributed by atoms with E-state index in [1.54, 1.807) is 6.07 Å². The Morgan fingerprint density at radius 1 is 1.35 bits per heavy atom. The quantitative estimate of drug-likeness (QED) is 0.858. The molecule has 1 saturated carbocycles. The third-order valence-electron chi connectivity index (χ3n) is 4.42. The van der Waals surface area contributed by atoms with Crippen LogP contribution in [0.2, 0.25) is 5.15 Å². The summed E-state index contributed by atoms with van der Waals surface area (Å²) in [5.41, 5.74) is 3.18. The van der Waals surface area contributed by atoms with Crippen molar-refractivity contribution in [2.75, 3.05) is 16.8 Å². The second-order valence-electron chi connectivity index (χ2n) is 6.27. The van der Waals surface area contributed by atoms with Crippen LogP contribution < -0.4 is 10.2 Å². The third-order valence-corrected chi connectivity index (χ3v) is 4.61. The molecule has 23 heavy (non-hydrogen) atoms. The molecule has 7 heteroatoms. The molecule has 3 heterocycles. The van der Waals surface area contributed by atoms with Crippen LogP contribution in [0.4, 0.5) is 17.5 Å². The van der Waals surface area contributed by atoms with Crippen molar-refractivity contribution in [3.8, 4) is 0 Å². The Balaban J connectivity index is 1.80. The van der Waals surface area contributed by atoms with E-state index in [4.69, 9.17) is 11.6 Å². The molecule has 0 saturated heterocycles. The van der Waals surface area contributed by atoms with E-state index in [0.29, 0.717) is 16.9 Å². The maximum atomic E-state index is 11.3. The lowest BCUT2D eigenvalue weighted by Gasteiger charge is -2.18. The highest BCUT2D eigenvalue weighted by atomic mass is 35.5. The van der Waals surface area contributed by atoms with E-state index in [1.807, 2.05) is 19.2 Å². The van der Waals surface area contributed by atoms with Gasteiger partial charge in [-0.05, 0) is 25.8 Å². The summed E-state index contributed by atoms with van der Waals surface area (Å²) < 4.78 is 0. The number of halogens is 1. The van der Waals surface area contributed by atoms with Gasteiger partial charge in [-0.2, -0.15) is 0 Å². The Kier molecular flexibility index (Phi) is 3.06. The molecule has 1 spiro atoms. The van der Waals surface area contributed by atoms with Gasteiger partial charge in [-0.1, -0.05) is 11.6 Å². The molecule has 0 radical (unpaired) electrons. The van der Waals surface area contributed by atoms with E-state index < -0.39 is 0 Å². The Morgan fingerprint density at radius 2 is 2.13 bits per heavy atom. The van der Waals surface area contributed by atoms with Crippen molar-refractivity contribution in [2.45, 2.75) is 32.1 Å². The fourth-order valence-corrected chi connectivity index (χ4v) is 3.42. The Hall–Kier alpha value is -2.21. The number of hydrogen-bond donors (Lipinski definition) is 1. The van der Waals surface area contributed by atoms with Crippen LogP contribution in [0.5, 0.6) is 0 Å². The number of carbonyl (C=O) groups is 1. The van der Waals surface area contributed by atoms with Crippen molar-refractivity contribution < 1.29 is 4.79 Å². The van der Waals surface area contributed by atoms with E-state index in [-0.39, 0.29) is 11.3 Å². The molecule has 1 N–H and O–H groups in total. The Bertz CT molecular complexity index is 798. The van der Waals surface area contributed by atoms with Crippen molar-refractivity contribution in [3.63, 3.8) is 0 Å². The molecule has 2 aromatic heterocycles. The van der Waals surface area contributed by atoms with E-state index in [0.717, 1.165) is 30.8 Å². The van der Waals surface area contributed by atoms with Crippen molar-refractivity contribution in [2.24, 2.45) is 0 Å². The molecule has 1 aliphatic heterocycles. The van der Waals surface area contributed by atoms with Gasteiger partial charge in [0.2, 0.25) is 11.9 Å². The molecule has 6 nitrogen and oxygen atoms in total. The van der Waals surface area contributed by atoms with Gasteiger partial charge in [0.1, 0.15) is 11.0 Å². The number of nitrogens with zero attached hydrogens (tertiary/aromatic N) is 4. The minimum atomic E-state index is -0.141. The van der Waals surface area contributed by atoms with Crippen molar-refractivity contribution in [3.05, 3.63) is 34.7 Å². The summed E-state index contributed by atoms with van der Waals surface area (Å²) >= 11 is 6.10. The SMILES string of the molecule is CC(=O)Nc1cc2c(cn1)C1(CC1)CN2c1nc(C)cc(Cl)n1. The standard InChI is InChI=1S/C16H16ClN5O/c1-9-5-13(17)21-15(19-9)22-8-16(3-4-16)11-7-18-14(6-12(11)22)20-10(2)23/h5-7H,3-4,8H2,1-2H3,(H,18,20,23). The summed E-state index contributed by atoms with van der Waals surface area (Å²) in [6, 6.07) is 3.63. The molecule has 118 valence electrons. The molecule has 0 bridgehead atoms. The summed E-state index contributed by atoms with van der Waals surface area (Å²) in [6.07, 6.45) is 4.14. The number of aromatic nitrogens is 3. The molecule has 1 aliphatic carbocycles. The number of fused-ring (bicyclic) bond motifs is 2. The predicted octanol–water partition coefficient (Wildman–Crippen LogP) is 2.98. The zero-order chi connectivity index (χ0) is 16.2. The van der Waals surface area contributed by atoms with Crippen LogP contribution in [-0.2, 0) is 10.2 Å². The van der Waals surface area contributed by atoms with Gasteiger partial charge in [-0.3, -0.25) is 4.79 Å². The van der Waals surface area contributed by atoms with E-state index >= 15 is 0 Å². The molecule has 1 fully saturated rings. The number of amides is 1. The van der Waals surface area contributed by atoms with Gasteiger partial charge in [-0.15, -0.1) is 0 Å². The van der Waals surface area contributed by atoms with Crippen molar-refractivity contribution in [1.29, 1.82) is 0 Å². The first-order valence-corrected chi connectivity index (χ1v) is 7.91. The highest BCUT2D eigenvalue weighted by Crippen LogP contribution is 2.57. The summed E-state index contributed by atoms with van der Waals surface area (Å²) in [5, 5.41) is 3.17. The van der Waals surface area contributed by atoms with Gasteiger partial charge in [0.05, 0.1) is 5.69 Å². The fourth-order valence-electron chi connectivity index (χ4n) is 3.19. The number of carbonyl (C=O) groups excluding carboxylic acids is 1. The van der Waals surface area contributed by atoms with Gasteiger partial charge in [0.25, 0.3) is 0 Å². The summed E-state index contributed by atoms with van der Waals surface area (Å²) in [5.74, 6) is 0.996. The van der Waals surface area contributed by atoms with Crippen LogP contribution in [0.1, 0.15) is 31.0 Å². The number of pyridine rings is 1. The largest absolute Gasteiger partial charge is 0.311 e. The summed E-state index contributed by atoms with van der Waals surface area (Å²) in [4.78, 5) is 26.6. The topological polar surface area (TPSA) is 71.0 Å². The number of rotatable bonds is 2. The van der Waals surface area contributed by atoms with Gasteiger partial charge in [-0.25, -0.2) is 15.0 Å². The zero-order valence-electron chi connectivity index (χ0n) is 12.9. The van der Waals surface area contributed by atoms with Gasteiger partial charge >= 0.3 is 0 Å². The average Bonchev–Trinajstić information content (AvgIpc) is 3.16. The van der Waals surface area contributed by atoms with E-state index in [1.165, 1.54) is 12.5 Å². The molecular formula is C16H16ClN5O. The summed E-state index contributed by atoms with van der Waals surface area (Å²) in [7, 11) is 0. The molecule has 2 aromatic rings. The second-order valence-corrected chi connectivity index (χ2v) is 6.65. The van der Waals surface area contributed by atoms with Crippen LogP contribution in [0.15, 0.2) is 18.3 Å². The first-order chi connectivity index (χ1) is 11.0. The van der Waals surface area contributed by atoms with Crippen LogP contribution in [0.25, 0.3) is 0 Å². The number of nitrogens with one attached hydrogen (secondary N) is 1. The van der Waals surface area contributed by atoms with Gasteiger partial charge in [0.15, 0.2) is 0 Å². The van der Waals surface area contributed by atoms with Crippen LogP contribution in [0.3, 0.4) is 0 Å². The Morgan fingerprint density at radius 3 is 2.78 bits per heavy atom. The highest BCUT2D eigenvalue weighted by molar-refractivity contribution is 6.29. The normalized spacial score (nSPS) is 17.3.